The average molecular weight is 320 g/mol. The number of carboxylic acid groups (broad SMARTS) is 1. The van der Waals surface area contributed by atoms with Crippen molar-refractivity contribution in [1.82, 2.24) is 5.32 Å². The highest BCUT2D eigenvalue weighted by Gasteiger charge is 2.18. The third kappa shape index (κ3) is 5.66. The van der Waals surface area contributed by atoms with E-state index in [-0.39, 0.29) is 5.92 Å². The van der Waals surface area contributed by atoms with Crippen LogP contribution in [0.25, 0.3) is 0 Å². The Balaban J connectivity index is 2.34. The topological polar surface area (TPSA) is 49.3 Å². The summed E-state index contributed by atoms with van der Waals surface area (Å²) in [6.45, 7) is 5.35. The van der Waals surface area contributed by atoms with E-state index in [1.807, 2.05) is 13.8 Å². The first kappa shape index (κ1) is 14.7. The summed E-state index contributed by atoms with van der Waals surface area (Å²) in [5.41, 5.74) is 1.19. The number of nitrogens with one attached hydrogen (secondary N) is 1. The van der Waals surface area contributed by atoms with Crippen LogP contribution in [-0.4, -0.2) is 17.6 Å². The molecule has 5 heteroatoms. The molecule has 0 amide bonds. The van der Waals surface area contributed by atoms with Crippen molar-refractivity contribution < 1.29 is 9.90 Å². The van der Waals surface area contributed by atoms with Gasteiger partial charge in [0.05, 0.1) is 9.70 Å². The van der Waals surface area contributed by atoms with Gasteiger partial charge in [0.2, 0.25) is 0 Å². The quantitative estimate of drug-likeness (QED) is 0.810. The fourth-order valence-electron chi connectivity index (χ4n) is 1.67. The highest BCUT2D eigenvalue weighted by molar-refractivity contribution is 9.11. The summed E-state index contributed by atoms with van der Waals surface area (Å²) in [7, 11) is 0. The molecule has 0 spiro atoms. The molecule has 2 N–H and O–H groups in total. The van der Waals surface area contributed by atoms with Crippen LogP contribution in [0.3, 0.4) is 0 Å². The van der Waals surface area contributed by atoms with E-state index in [9.17, 15) is 4.79 Å². The molecule has 0 aromatic carbocycles. The Morgan fingerprint density at radius 1 is 1.59 bits per heavy atom. The third-order valence-corrected chi connectivity index (χ3v) is 4.00. The molecule has 17 heavy (non-hydrogen) atoms. The Kier molecular flexibility index (Phi) is 6.16. The van der Waals surface area contributed by atoms with E-state index in [0.29, 0.717) is 12.5 Å². The highest BCUT2D eigenvalue weighted by Crippen LogP contribution is 2.20. The molecule has 3 nitrogen and oxygen atoms in total. The maximum Gasteiger partial charge on any atom is 0.307 e. The number of thiophene rings is 1. The van der Waals surface area contributed by atoms with Gasteiger partial charge in [0.1, 0.15) is 0 Å². The second-order valence-corrected chi connectivity index (χ2v) is 6.85. The molecule has 1 aromatic rings. The summed E-state index contributed by atoms with van der Waals surface area (Å²) in [5.74, 6) is -0.594. The van der Waals surface area contributed by atoms with Crippen molar-refractivity contribution in [1.29, 1.82) is 0 Å². The van der Waals surface area contributed by atoms with Gasteiger partial charge in [-0.05, 0) is 45.3 Å². The van der Waals surface area contributed by atoms with E-state index in [1.54, 1.807) is 11.3 Å². The predicted molar refractivity (Wildman–Crippen MR) is 74.3 cm³/mol. The number of rotatable bonds is 7. The predicted octanol–water partition coefficient (Wildman–Crippen LogP) is 3.35. The van der Waals surface area contributed by atoms with Crippen LogP contribution >= 0.6 is 27.3 Å². The first-order valence-electron chi connectivity index (χ1n) is 5.65. The van der Waals surface area contributed by atoms with Gasteiger partial charge in [-0.2, -0.15) is 0 Å². The van der Waals surface area contributed by atoms with Gasteiger partial charge in [-0.15, -0.1) is 11.3 Å². The van der Waals surface area contributed by atoms with E-state index < -0.39 is 5.97 Å². The molecule has 1 rings (SSSR count). The van der Waals surface area contributed by atoms with E-state index >= 15 is 0 Å². The maximum atomic E-state index is 11.0. The first-order chi connectivity index (χ1) is 7.99. The lowest BCUT2D eigenvalue weighted by atomic mass is 9.97. The van der Waals surface area contributed by atoms with Gasteiger partial charge in [0, 0.05) is 13.1 Å². The van der Waals surface area contributed by atoms with Crippen LogP contribution in [-0.2, 0) is 11.3 Å². The number of aliphatic carboxylic acids is 1. The number of halogens is 1. The average Bonchev–Trinajstić information content (AvgIpc) is 2.62. The Bertz CT molecular complexity index is 365. The van der Waals surface area contributed by atoms with Crippen LogP contribution in [0.15, 0.2) is 15.2 Å². The van der Waals surface area contributed by atoms with Gasteiger partial charge in [0.25, 0.3) is 0 Å². The van der Waals surface area contributed by atoms with Gasteiger partial charge < -0.3 is 10.4 Å². The van der Waals surface area contributed by atoms with Crippen molar-refractivity contribution in [2.75, 3.05) is 6.54 Å². The Morgan fingerprint density at radius 2 is 2.29 bits per heavy atom. The smallest absolute Gasteiger partial charge is 0.307 e. The highest BCUT2D eigenvalue weighted by atomic mass is 79.9. The number of hydrogen-bond donors (Lipinski definition) is 2. The fourth-order valence-corrected chi connectivity index (χ4v) is 2.88. The summed E-state index contributed by atoms with van der Waals surface area (Å²) in [6.07, 6.45) is 0.718. The zero-order chi connectivity index (χ0) is 12.8. The molecular formula is C12H18BrNO2S. The van der Waals surface area contributed by atoms with Crippen LogP contribution in [0.5, 0.6) is 0 Å². The van der Waals surface area contributed by atoms with Crippen molar-refractivity contribution in [3.05, 3.63) is 20.8 Å². The summed E-state index contributed by atoms with van der Waals surface area (Å²) in [4.78, 5) is 11.0. The Labute approximate surface area is 114 Å². The van der Waals surface area contributed by atoms with Crippen molar-refractivity contribution in [3.8, 4) is 0 Å². The lowest BCUT2D eigenvalue weighted by molar-refractivity contribution is -0.142. The second kappa shape index (κ2) is 7.13. The first-order valence-corrected chi connectivity index (χ1v) is 7.32. The van der Waals surface area contributed by atoms with Crippen LogP contribution in [0, 0.1) is 11.8 Å². The minimum absolute atomic E-state index is 0.294. The van der Waals surface area contributed by atoms with E-state index in [2.05, 4.69) is 32.7 Å². The SMILES string of the molecule is CC(C)CC(CNCc1csc(Br)c1)C(=O)O. The lowest BCUT2D eigenvalue weighted by Crippen LogP contribution is -2.29. The standard InChI is InChI=1S/C12H18BrNO2S/c1-8(2)3-10(12(15)16)6-14-5-9-4-11(13)17-7-9/h4,7-8,10,14H,3,5-6H2,1-2H3,(H,15,16). The van der Waals surface area contributed by atoms with Gasteiger partial charge in [-0.1, -0.05) is 13.8 Å². The molecule has 0 aliphatic heterocycles. The van der Waals surface area contributed by atoms with Gasteiger partial charge in [-0.3, -0.25) is 4.79 Å². The normalized spacial score (nSPS) is 12.9. The monoisotopic (exact) mass is 319 g/mol. The Morgan fingerprint density at radius 3 is 2.76 bits per heavy atom. The van der Waals surface area contributed by atoms with E-state index in [1.165, 1.54) is 5.56 Å². The summed E-state index contributed by atoms with van der Waals surface area (Å²) in [6, 6.07) is 2.05. The molecule has 0 aliphatic carbocycles. The van der Waals surface area contributed by atoms with Crippen molar-refractivity contribution in [3.63, 3.8) is 0 Å². The minimum atomic E-state index is -0.710. The fraction of sp³-hybridized carbons (Fsp3) is 0.583. The molecule has 1 atom stereocenters. The molecule has 96 valence electrons. The number of hydrogen-bond acceptors (Lipinski definition) is 3. The molecule has 0 aliphatic rings. The lowest BCUT2D eigenvalue weighted by Gasteiger charge is -2.15. The molecule has 1 unspecified atom stereocenters. The molecular weight excluding hydrogens is 302 g/mol. The van der Waals surface area contributed by atoms with E-state index in [4.69, 9.17) is 5.11 Å². The largest absolute Gasteiger partial charge is 0.481 e. The number of carboxylic acids is 1. The summed E-state index contributed by atoms with van der Waals surface area (Å²) < 4.78 is 1.10. The van der Waals surface area contributed by atoms with Crippen LogP contribution in [0.4, 0.5) is 0 Å². The minimum Gasteiger partial charge on any atom is -0.481 e. The molecule has 0 fully saturated rings. The maximum absolute atomic E-state index is 11.0. The molecule has 1 heterocycles. The van der Waals surface area contributed by atoms with Crippen LogP contribution < -0.4 is 5.32 Å². The molecule has 1 aromatic heterocycles. The summed E-state index contributed by atoms with van der Waals surface area (Å²) >= 11 is 5.05. The van der Waals surface area contributed by atoms with Gasteiger partial charge in [-0.25, -0.2) is 0 Å². The zero-order valence-electron chi connectivity index (χ0n) is 10.1. The second-order valence-electron chi connectivity index (χ2n) is 4.55. The van der Waals surface area contributed by atoms with Gasteiger partial charge in [0.15, 0.2) is 0 Å². The van der Waals surface area contributed by atoms with Crippen LogP contribution in [0.1, 0.15) is 25.8 Å². The zero-order valence-corrected chi connectivity index (χ0v) is 12.5. The molecule has 0 saturated heterocycles. The molecule has 0 radical (unpaired) electrons. The Hall–Kier alpha value is -0.390. The molecule has 0 saturated carbocycles. The van der Waals surface area contributed by atoms with Crippen molar-refractivity contribution in [2.24, 2.45) is 11.8 Å². The summed E-state index contributed by atoms with van der Waals surface area (Å²) in [5, 5.41) is 14.3. The van der Waals surface area contributed by atoms with E-state index in [0.717, 1.165) is 16.8 Å². The third-order valence-electron chi connectivity index (χ3n) is 2.45. The number of carbonyl (C=O) groups is 1. The van der Waals surface area contributed by atoms with Crippen molar-refractivity contribution >= 4 is 33.2 Å². The van der Waals surface area contributed by atoms with Crippen molar-refractivity contribution in [2.45, 2.75) is 26.8 Å². The van der Waals surface area contributed by atoms with Crippen LogP contribution in [0.2, 0.25) is 0 Å². The van der Waals surface area contributed by atoms with Gasteiger partial charge >= 0.3 is 5.97 Å². The molecule has 0 bridgehead atoms.